The van der Waals surface area contributed by atoms with Gasteiger partial charge in [0.15, 0.2) is 0 Å². The maximum absolute atomic E-state index is 13.2. The molecule has 1 aromatic rings. The Morgan fingerprint density at radius 1 is 1.56 bits per heavy atom. The Kier molecular flexibility index (Phi) is 3.97. The molecule has 0 aromatic heterocycles. The average Bonchev–Trinajstić information content (AvgIpc) is 2.26. The van der Waals surface area contributed by atoms with Gasteiger partial charge in [0.25, 0.3) is 0 Å². The SMILES string of the molecule is CCC(c1cccc(F)c1)N1CC(CC(=O)O)C1. The summed E-state index contributed by atoms with van der Waals surface area (Å²) in [5.74, 6) is -0.711. The van der Waals surface area contributed by atoms with Crippen LogP contribution < -0.4 is 0 Å². The molecule has 1 heterocycles. The Morgan fingerprint density at radius 2 is 2.28 bits per heavy atom. The molecule has 0 bridgehead atoms. The molecule has 1 aromatic carbocycles. The number of carboxylic acid groups (broad SMARTS) is 1. The maximum Gasteiger partial charge on any atom is 0.303 e. The topological polar surface area (TPSA) is 40.5 Å². The Hall–Kier alpha value is -1.42. The minimum absolute atomic E-state index is 0.200. The molecule has 0 spiro atoms. The molecule has 4 heteroatoms. The van der Waals surface area contributed by atoms with Gasteiger partial charge in [-0.05, 0) is 30.0 Å². The molecule has 1 aliphatic rings. The van der Waals surface area contributed by atoms with E-state index in [1.807, 2.05) is 6.07 Å². The number of rotatable bonds is 5. The molecule has 1 atom stereocenters. The third-order valence-electron chi connectivity index (χ3n) is 3.51. The molecule has 0 saturated carbocycles. The summed E-state index contributed by atoms with van der Waals surface area (Å²) >= 11 is 0. The van der Waals surface area contributed by atoms with Gasteiger partial charge >= 0.3 is 5.97 Å². The van der Waals surface area contributed by atoms with Gasteiger partial charge in [-0.3, -0.25) is 9.69 Å². The fourth-order valence-electron chi connectivity index (χ4n) is 2.66. The van der Waals surface area contributed by atoms with Gasteiger partial charge in [-0.15, -0.1) is 0 Å². The summed E-state index contributed by atoms with van der Waals surface area (Å²) in [6.07, 6.45) is 1.14. The third-order valence-corrected chi connectivity index (χ3v) is 3.51. The van der Waals surface area contributed by atoms with Gasteiger partial charge in [0.2, 0.25) is 0 Å². The predicted octanol–water partition coefficient (Wildman–Crippen LogP) is 2.68. The van der Waals surface area contributed by atoms with Crippen LogP contribution in [-0.2, 0) is 4.79 Å². The van der Waals surface area contributed by atoms with Gasteiger partial charge < -0.3 is 5.11 Å². The van der Waals surface area contributed by atoms with Gasteiger partial charge in [-0.2, -0.15) is 0 Å². The predicted molar refractivity (Wildman–Crippen MR) is 66.7 cm³/mol. The Morgan fingerprint density at radius 3 is 2.83 bits per heavy atom. The van der Waals surface area contributed by atoms with Gasteiger partial charge in [0.05, 0.1) is 6.42 Å². The molecule has 18 heavy (non-hydrogen) atoms. The lowest BCUT2D eigenvalue weighted by atomic mass is 9.91. The van der Waals surface area contributed by atoms with Crippen molar-refractivity contribution in [1.29, 1.82) is 0 Å². The molecule has 2 rings (SSSR count). The van der Waals surface area contributed by atoms with Gasteiger partial charge in [-0.25, -0.2) is 4.39 Å². The molecular weight excluding hydrogens is 233 g/mol. The van der Waals surface area contributed by atoms with Crippen LogP contribution in [0.2, 0.25) is 0 Å². The van der Waals surface area contributed by atoms with Crippen molar-refractivity contribution in [2.75, 3.05) is 13.1 Å². The lowest BCUT2D eigenvalue weighted by Gasteiger charge is -2.44. The quantitative estimate of drug-likeness (QED) is 0.874. The van der Waals surface area contributed by atoms with E-state index in [0.717, 1.165) is 25.1 Å². The van der Waals surface area contributed by atoms with Crippen molar-refractivity contribution >= 4 is 5.97 Å². The van der Waals surface area contributed by atoms with E-state index in [2.05, 4.69) is 11.8 Å². The first-order valence-electron chi connectivity index (χ1n) is 6.31. The van der Waals surface area contributed by atoms with Crippen molar-refractivity contribution in [2.45, 2.75) is 25.8 Å². The van der Waals surface area contributed by atoms with Crippen molar-refractivity contribution < 1.29 is 14.3 Å². The summed E-state index contributed by atoms with van der Waals surface area (Å²) in [6.45, 7) is 3.66. The van der Waals surface area contributed by atoms with Crippen LogP contribution in [0.1, 0.15) is 31.4 Å². The normalized spacial score (nSPS) is 18.3. The van der Waals surface area contributed by atoms with Gasteiger partial charge in [-0.1, -0.05) is 19.1 Å². The number of aliphatic carboxylic acids is 1. The van der Waals surface area contributed by atoms with Crippen molar-refractivity contribution in [3.05, 3.63) is 35.6 Å². The first-order valence-corrected chi connectivity index (χ1v) is 6.31. The summed E-state index contributed by atoms with van der Waals surface area (Å²) in [4.78, 5) is 12.8. The van der Waals surface area contributed by atoms with Gasteiger partial charge in [0, 0.05) is 19.1 Å². The summed E-state index contributed by atoms with van der Waals surface area (Å²) in [5.41, 5.74) is 0.978. The molecule has 1 saturated heterocycles. The van der Waals surface area contributed by atoms with Gasteiger partial charge in [0.1, 0.15) is 5.82 Å². The van der Waals surface area contributed by atoms with Crippen LogP contribution in [0.3, 0.4) is 0 Å². The monoisotopic (exact) mass is 251 g/mol. The minimum Gasteiger partial charge on any atom is -0.481 e. The fraction of sp³-hybridized carbons (Fsp3) is 0.500. The van der Waals surface area contributed by atoms with Crippen LogP contribution in [0, 0.1) is 11.7 Å². The average molecular weight is 251 g/mol. The fourth-order valence-corrected chi connectivity index (χ4v) is 2.66. The molecule has 0 radical (unpaired) electrons. The highest BCUT2D eigenvalue weighted by Gasteiger charge is 2.33. The van der Waals surface area contributed by atoms with E-state index in [9.17, 15) is 9.18 Å². The molecule has 1 aliphatic heterocycles. The van der Waals surface area contributed by atoms with Crippen molar-refractivity contribution in [2.24, 2.45) is 5.92 Å². The van der Waals surface area contributed by atoms with E-state index >= 15 is 0 Å². The zero-order valence-corrected chi connectivity index (χ0v) is 10.5. The minimum atomic E-state index is -0.738. The van der Waals surface area contributed by atoms with Crippen LogP contribution in [0.4, 0.5) is 4.39 Å². The van der Waals surface area contributed by atoms with E-state index < -0.39 is 5.97 Å². The zero-order chi connectivity index (χ0) is 13.1. The highest BCUT2D eigenvalue weighted by molar-refractivity contribution is 5.67. The van der Waals surface area contributed by atoms with E-state index in [0.29, 0.717) is 0 Å². The van der Waals surface area contributed by atoms with Crippen molar-refractivity contribution in [1.82, 2.24) is 4.90 Å². The summed E-state index contributed by atoms with van der Waals surface area (Å²) < 4.78 is 13.2. The van der Waals surface area contributed by atoms with Crippen LogP contribution in [0.25, 0.3) is 0 Å². The van der Waals surface area contributed by atoms with Crippen molar-refractivity contribution in [3.8, 4) is 0 Å². The van der Waals surface area contributed by atoms with E-state index in [1.165, 1.54) is 6.07 Å². The maximum atomic E-state index is 13.2. The molecule has 1 unspecified atom stereocenters. The van der Waals surface area contributed by atoms with E-state index in [-0.39, 0.29) is 24.2 Å². The number of halogens is 1. The molecular formula is C14H18FNO2. The molecule has 1 fully saturated rings. The van der Waals surface area contributed by atoms with Crippen LogP contribution in [0.15, 0.2) is 24.3 Å². The van der Waals surface area contributed by atoms with Crippen LogP contribution in [-0.4, -0.2) is 29.1 Å². The highest BCUT2D eigenvalue weighted by atomic mass is 19.1. The van der Waals surface area contributed by atoms with Crippen molar-refractivity contribution in [3.63, 3.8) is 0 Å². The molecule has 3 nitrogen and oxygen atoms in total. The van der Waals surface area contributed by atoms with E-state index in [4.69, 9.17) is 5.11 Å². The van der Waals surface area contributed by atoms with Crippen LogP contribution in [0.5, 0.6) is 0 Å². The number of carboxylic acids is 1. The lowest BCUT2D eigenvalue weighted by molar-refractivity contribution is -0.139. The molecule has 0 aliphatic carbocycles. The summed E-state index contributed by atoms with van der Waals surface area (Å²) in [7, 11) is 0. The summed E-state index contributed by atoms with van der Waals surface area (Å²) in [6, 6.07) is 6.87. The number of likely N-dealkylation sites (tertiary alicyclic amines) is 1. The second kappa shape index (κ2) is 5.48. The second-order valence-corrected chi connectivity index (χ2v) is 4.90. The zero-order valence-electron chi connectivity index (χ0n) is 10.5. The lowest BCUT2D eigenvalue weighted by Crippen LogP contribution is -2.49. The standard InChI is InChI=1S/C14H18FNO2/c1-2-13(11-4-3-5-12(15)7-11)16-8-10(9-16)6-14(17)18/h3-5,7,10,13H,2,6,8-9H2,1H3,(H,17,18). The second-order valence-electron chi connectivity index (χ2n) is 4.90. The smallest absolute Gasteiger partial charge is 0.303 e. The third kappa shape index (κ3) is 2.88. The number of nitrogens with zero attached hydrogens (tertiary/aromatic N) is 1. The van der Waals surface area contributed by atoms with E-state index in [1.54, 1.807) is 12.1 Å². The van der Waals surface area contributed by atoms with Crippen LogP contribution >= 0.6 is 0 Å². The Bertz CT molecular complexity index is 430. The number of carbonyl (C=O) groups is 1. The molecule has 1 N–H and O–H groups in total. The summed E-state index contributed by atoms with van der Waals surface area (Å²) in [5, 5.41) is 8.72. The first kappa shape index (κ1) is 13.0. The first-order chi connectivity index (χ1) is 8.60. The number of benzene rings is 1. The number of hydrogen-bond donors (Lipinski definition) is 1. The Labute approximate surface area is 106 Å². The largest absolute Gasteiger partial charge is 0.481 e. The molecule has 0 amide bonds. The molecule has 98 valence electrons. The number of hydrogen-bond acceptors (Lipinski definition) is 2. The highest BCUT2D eigenvalue weighted by Crippen LogP contribution is 2.32. The Balaban J connectivity index is 1.97.